The van der Waals surface area contributed by atoms with Gasteiger partial charge in [0.2, 0.25) is 5.91 Å². The molecule has 2 heterocycles. The van der Waals surface area contributed by atoms with E-state index in [1.54, 1.807) is 6.33 Å². The summed E-state index contributed by atoms with van der Waals surface area (Å²) in [6.45, 7) is 4.75. The van der Waals surface area contributed by atoms with E-state index in [-0.39, 0.29) is 0 Å². The smallest absolute Gasteiger partial charge is 0.222 e. The second kappa shape index (κ2) is 8.08. The van der Waals surface area contributed by atoms with Crippen molar-refractivity contribution < 1.29 is 4.79 Å². The lowest BCUT2D eigenvalue weighted by Crippen LogP contribution is -2.28. The van der Waals surface area contributed by atoms with Gasteiger partial charge >= 0.3 is 0 Å². The quantitative estimate of drug-likeness (QED) is 0.786. The van der Waals surface area contributed by atoms with Gasteiger partial charge in [-0.05, 0) is 37.7 Å². The third-order valence-corrected chi connectivity index (χ3v) is 4.85. The Hall–Kier alpha value is -2.17. The van der Waals surface area contributed by atoms with Gasteiger partial charge in [0.1, 0.15) is 12.2 Å². The number of nitrogens with zero attached hydrogens (tertiary/aromatic N) is 4. The molecule has 1 saturated heterocycles. The summed E-state index contributed by atoms with van der Waals surface area (Å²) in [5, 5.41) is 8.20. The van der Waals surface area contributed by atoms with Crippen molar-refractivity contribution in [1.29, 1.82) is 0 Å². The van der Waals surface area contributed by atoms with Crippen LogP contribution in [0.25, 0.3) is 0 Å². The predicted octanol–water partition coefficient (Wildman–Crippen LogP) is 2.71. The van der Waals surface area contributed by atoms with Crippen LogP contribution in [0, 0.1) is 5.92 Å². The van der Waals surface area contributed by atoms with Crippen molar-refractivity contribution >= 4 is 5.91 Å². The maximum Gasteiger partial charge on any atom is 0.222 e. The van der Waals surface area contributed by atoms with E-state index in [2.05, 4.69) is 46.0 Å². The maximum atomic E-state index is 12.4. The fraction of sp³-hybridized carbons (Fsp3) is 0.526. The van der Waals surface area contributed by atoms with Crippen molar-refractivity contribution in [2.24, 2.45) is 5.92 Å². The van der Waals surface area contributed by atoms with Crippen LogP contribution in [0.4, 0.5) is 0 Å². The normalized spacial score (nSPS) is 17.4. The highest BCUT2D eigenvalue weighted by Crippen LogP contribution is 2.21. The van der Waals surface area contributed by atoms with E-state index >= 15 is 0 Å². The van der Waals surface area contributed by atoms with Crippen molar-refractivity contribution in [2.45, 2.75) is 45.6 Å². The summed E-state index contributed by atoms with van der Waals surface area (Å²) in [7, 11) is 0. The molecule has 0 N–H and O–H groups in total. The molecule has 5 nitrogen and oxygen atoms in total. The molecule has 3 rings (SSSR count). The van der Waals surface area contributed by atoms with Gasteiger partial charge in [0, 0.05) is 32.5 Å². The van der Waals surface area contributed by atoms with Crippen molar-refractivity contribution in [3.8, 4) is 0 Å². The highest BCUT2D eigenvalue weighted by atomic mass is 16.2. The molecule has 0 aliphatic carbocycles. The third-order valence-electron chi connectivity index (χ3n) is 4.85. The van der Waals surface area contributed by atoms with Crippen LogP contribution in [0.15, 0.2) is 36.7 Å². The minimum Gasteiger partial charge on any atom is -0.342 e. The van der Waals surface area contributed by atoms with E-state index in [1.165, 1.54) is 5.56 Å². The second-order valence-corrected chi connectivity index (χ2v) is 6.57. The van der Waals surface area contributed by atoms with Gasteiger partial charge in [-0.15, -0.1) is 10.2 Å². The van der Waals surface area contributed by atoms with Crippen LogP contribution in [0.1, 0.15) is 37.6 Å². The van der Waals surface area contributed by atoms with E-state index in [4.69, 9.17) is 0 Å². The molecule has 1 aliphatic rings. The summed E-state index contributed by atoms with van der Waals surface area (Å²) in [5.74, 6) is 1.85. The average molecular weight is 326 g/mol. The van der Waals surface area contributed by atoms with Gasteiger partial charge in [-0.25, -0.2) is 0 Å². The van der Waals surface area contributed by atoms with Crippen molar-refractivity contribution in [2.75, 3.05) is 13.1 Å². The molecule has 0 spiro atoms. The minimum atomic E-state index is 0.297. The van der Waals surface area contributed by atoms with E-state index in [1.807, 2.05) is 11.0 Å². The zero-order valence-electron chi connectivity index (χ0n) is 14.4. The molecule has 1 amide bonds. The first-order valence-corrected chi connectivity index (χ1v) is 8.94. The fourth-order valence-corrected chi connectivity index (χ4v) is 3.43. The Bertz CT molecular complexity index is 652. The molecule has 2 aromatic rings. The monoisotopic (exact) mass is 326 g/mol. The number of amides is 1. The topological polar surface area (TPSA) is 51.0 Å². The summed E-state index contributed by atoms with van der Waals surface area (Å²) in [5.41, 5.74) is 1.31. The van der Waals surface area contributed by atoms with Crippen molar-refractivity contribution in [3.63, 3.8) is 0 Å². The Balaban J connectivity index is 1.42. The first kappa shape index (κ1) is 16.7. The lowest BCUT2D eigenvalue weighted by Gasteiger charge is -2.16. The number of aryl methyl sites for hydroxylation is 2. The number of benzene rings is 1. The van der Waals surface area contributed by atoms with Gasteiger partial charge in [-0.3, -0.25) is 4.79 Å². The molecular formula is C19H26N4O. The molecule has 1 unspecified atom stereocenters. The fourth-order valence-electron chi connectivity index (χ4n) is 3.43. The lowest BCUT2D eigenvalue weighted by molar-refractivity contribution is -0.130. The van der Waals surface area contributed by atoms with Gasteiger partial charge in [0.05, 0.1) is 0 Å². The van der Waals surface area contributed by atoms with Crippen LogP contribution >= 0.6 is 0 Å². The Morgan fingerprint density at radius 1 is 1.29 bits per heavy atom. The van der Waals surface area contributed by atoms with E-state index in [0.717, 1.165) is 51.1 Å². The summed E-state index contributed by atoms with van der Waals surface area (Å²) >= 11 is 0. The van der Waals surface area contributed by atoms with Gasteiger partial charge in [-0.1, -0.05) is 30.3 Å². The molecule has 1 aromatic heterocycles. The van der Waals surface area contributed by atoms with Crippen LogP contribution in [0.2, 0.25) is 0 Å². The zero-order valence-corrected chi connectivity index (χ0v) is 14.4. The number of hydrogen-bond donors (Lipinski definition) is 0. The molecule has 24 heavy (non-hydrogen) atoms. The average Bonchev–Trinajstić information content (AvgIpc) is 3.25. The van der Waals surface area contributed by atoms with E-state index < -0.39 is 0 Å². The molecular weight excluding hydrogens is 300 g/mol. The lowest BCUT2D eigenvalue weighted by atomic mass is 10.0. The molecule has 1 fully saturated rings. The standard InChI is InChI=1S/C19H26N4O/c1-2-22-15-20-21-18(22)13-17-11-12-23(14-17)19(24)10-6-9-16-7-4-3-5-8-16/h3-5,7-8,15,17H,2,6,9-14H2,1H3. The number of likely N-dealkylation sites (tertiary alicyclic amines) is 1. The number of aromatic nitrogens is 3. The van der Waals surface area contributed by atoms with Gasteiger partial charge in [0.15, 0.2) is 0 Å². The Morgan fingerprint density at radius 3 is 2.92 bits per heavy atom. The van der Waals surface area contributed by atoms with Gasteiger partial charge in [0.25, 0.3) is 0 Å². The van der Waals surface area contributed by atoms with E-state index in [0.29, 0.717) is 18.2 Å². The highest BCUT2D eigenvalue weighted by Gasteiger charge is 2.27. The highest BCUT2D eigenvalue weighted by molar-refractivity contribution is 5.76. The van der Waals surface area contributed by atoms with Crippen LogP contribution in [0.3, 0.4) is 0 Å². The Morgan fingerprint density at radius 2 is 2.12 bits per heavy atom. The Kier molecular flexibility index (Phi) is 5.62. The van der Waals surface area contributed by atoms with Crippen molar-refractivity contribution in [3.05, 3.63) is 48.0 Å². The summed E-state index contributed by atoms with van der Waals surface area (Å²) in [4.78, 5) is 14.4. The summed E-state index contributed by atoms with van der Waals surface area (Å²) in [6, 6.07) is 10.4. The zero-order chi connectivity index (χ0) is 16.8. The van der Waals surface area contributed by atoms with Crippen molar-refractivity contribution in [1.82, 2.24) is 19.7 Å². The SMILES string of the molecule is CCn1cnnc1CC1CCN(C(=O)CCCc2ccccc2)C1. The number of carbonyl (C=O) groups excluding carboxylic acids is 1. The number of hydrogen-bond acceptors (Lipinski definition) is 3. The maximum absolute atomic E-state index is 12.4. The van der Waals surface area contributed by atoms with Gasteiger partial charge in [-0.2, -0.15) is 0 Å². The van der Waals surface area contributed by atoms with E-state index in [9.17, 15) is 4.79 Å². The third kappa shape index (κ3) is 4.22. The second-order valence-electron chi connectivity index (χ2n) is 6.57. The molecule has 0 bridgehead atoms. The largest absolute Gasteiger partial charge is 0.342 e. The number of carbonyl (C=O) groups is 1. The molecule has 128 valence electrons. The minimum absolute atomic E-state index is 0.297. The molecule has 0 radical (unpaired) electrons. The first-order valence-electron chi connectivity index (χ1n) is 8.94. The van der Waals surface area contributed by atoms with Gasteiger partial charge < -0.3 is 9.47 Å². The summed E-state index contributed by atoms with van der Waals surface area (Å²) in [6.07, 6.45) is 6.32. The van der Waals surface area contributed by atoms with Crippen LogP contribution in [-0.4, -0.2) is 38.7 Å². The van der Waals surface area contributed by atoms with Crippen LogP contribution in [0.5, 0.6) is 0 Å². The summed E-state index contributed by atoms with van der Waals surface area (Å²) < 4.78 is 2.09. The first-order chi connectivity index (χ1) is 11.8. The number of rotatable bonds is 7. The molecule has 0 saturated carbocycles. The van der Waals surface area contributed by atoms with Crippen LogP contribution < -0.4 is 0 Å². The Labute approximate surface area is 143 Å². The molecule has 5 heteroatoms. The molecule has 1 atom stereocenters. The van der Waals surface area contributed by atoms with Crippen LogP contribution in [-0.2, 0) is 24.2 Å². The molecule has 1 aromatic carbocycles. The predicted molar refractivity (Wildman–Crippen MR) is 93.5 cm³/mol. The molecule has 1 aliphatic heterocycles.